The summed E-state index contributed by atoms with van der Waals surface area (Å²) in [5, 5.41) is 15.1. The van der Waals surface area contributed by atoms with Gasteiger partial charge < -0.3 is 20.5 Å². The minimum atomic E-state index is -1.12. The lowest BCUT2D eigenvalue weighted by atomic mass is 9.74. The van der Waals surface area contributed by atoms with Gasteiger partial charge in [-0.05, 0) is 62.3 Å². The molecule has 2 aromatic carbocycles. The molecule has 2 aromatic rings. The molecular formula is C27H32N2O5. The number of rotatable bonds is 8. The minimum absolute atomic E-state index is 0.00239. The smallest absolute Gasteiger partial charge is 0.407 e. The number of carboxylic acids is 1. The largest absolute Gasteiger partial charge is 0.481 e. The van der Waals surface area contributed by atoms with E-state index in [0.717, 1.165) is 11.1 Å². The van der Waals surface area contributed by atoms with Gasteiger partial charge in [0.1, 0.15) is 6.61 Å². The highest BCUT2D eigenvalue weighted by molar-refractivity contribution is 5.84. The fourth-order valence-corrected chi connectivity index (χ4v) is 4.48. The van der Waals surface area contributed by atoms with Gasteiger partial charge in [-0.25, -0.2) is 4.79 Å². The van der Waals surface area contributed by atoms with E-state index in [0.29, 0.717) is 13.0 Å². The number of aliphatic carboxylic acids is 1. The molecule has 0 bridgehead atoms. The van der Waals surface area contributed by atoms with Gasteiger partial charge in [-0.15, -0.1) is 0 Å². The van der Waals surface area contributed by atoms with Gasteiger partial charge in [-0.1, -0.05) is 48.5 Å². The first kappa shape index (κ1) is 23.8. The second-order valence-electron chi connectivity index (χ2n) is 10.4. The first-order valence-corrected chi connectivity index (χ1v) is 11.7. The maximum absolute atomic E-state index is 12.6. The number of carbonyl (C=O) groups is 3. The topological polar surface area (TPSA) is 105 Å². The summed E-state index contributed by atoms with van der Waals surface area (Å²) in [5.41, 5.74) is 2.63. The van der Waals surface area contributed by atoms with Crippen LogP contribution in [0.3, 0.4) is 0 Å². The highest BCUT2D eigenvalue weighted by Crippen LogP contribution is 2.44. The lowest BCUT2D eigenvalue weighted by molar-refractivity contribution is -0.151. The molecule has 0 unspecified atom stereocenters. The fraction of sp³-hybridized carbons (Fsp3) is 0.444. The average Bonchev–Trinajstić information content (AvgIpc) is 3.51. The van der Waals surface area contributed by atoms with Crippen molar-refractivity contribution in [3.8, 4) is 11.1 Å². The highest BCUT2D eigenvalue weighted by Gasteiger charge is 2.49. The van der Waals surface area contributed by atoms with Crippen LogP contribution in [-0.4, -0.2) is 41.8 Å². The van der Waals surface area contributed by atoms with Gasteiger partial charge in [0.15, 0.2) is 0 Å². The van der Waals surface area contributed by atoms with E-state index in [-0.39, 0.29) is 30.3 Å². The van der Waals surface area contributed by atoms with E-state index in [1.807, 2.05) is 24.3 Å². The molecule has 7 heteroatoms. The van der Waals surface area contributed by atoms with Crippen molar-refractivity contribution in [2.75, 3.05) is 13.2 Å². The molecule has 180 valence electrons. The predicted molar refractivity (Wildman–Crippen MR) is 128 cm³/mol. The van der Waals surface area contributed by atoms with Gasteiger partial charge >= 0.3 is 12.1 Å². The molecule has 1 fully saturated rings. The van der Waals surface area contributed by atoms with Crippen LogP contribution in [0.5, 0.6) is 0 Å². The van der Waals surface area contributed by atoms with E-state index in [4.69, 9.17) is 4.74 Å². The molecule has 0 aromatic heterocycles. The molecule has 0 spiro atoms. The zero-order valence-corrected chi connectivity index (χ0v) is 20.1. The Morgan fingerprint density at radius 1 is 0.971 bits per heavy atom. The van der Waals surface area contributed by atoms with Crippen molar-refractivity contribution in [1.29, 1.82) is 0 Å². The number of carboxylic acid groups (broad SMARTS) is 1. The number of benzene rings is 2. The van der Waals surface area contributed by atoms with Crippen LogP contribution in [0.1, 0.15) is 51.2 Å². The SMILES string of the molecule is CC(C)(NC(=O)[C@@H]1C[C@@H]1CNC(=O)OCC1c2ccccc2-c2ccccc21)C(C)(C)C(=O)O. The number of amides is 2. The number of carbonyl (C=O) groups excluding carboxylic acids is 2. The monoisotopic (exact) mass is 464 g/mol. The first-order valence-electron chi connectivity index (χ1n) is 11.7. The van der Waals surface area contributed by atoms with Gasteiger partial charge in [-0.2, -0.15) is 0 Å². The summed E-state index contributed by atoms with van der Waals surface area (Å²) in [6.45, 7) is 7.21. The maximum atomic E-state index is 12.6. The van der Waals surface area contributed by atoms with Crippen molar-refractivity contribution in [2.24, 2.45) is 17.3 Å². The molecular weight excluding hydrogens is 432 g/mol. The third-order valence-corrected chi connectivity index (χ3v) is 7.64. The van der Waals surface area contributed by atoms with Crippen molar-refractivity contribution in [2.45, 2.75) is 45.6 Å². The van der Waals surface area contributed by atoms with Crippen molar-refractivity contribution in [3.63, 3.8) is 0 Å². The lowest BCUT2D eigenvalue weighted by Gasteiger charge is -2.38. The molecule has 1 saturated carbocycles. The zero-order chi connectivity index (χ0) is 24.7. The molecule has 0 aliphatic heterocycles. The van der Waals surface area contributed by atoms with E-state index in [1.54, 1.807) is 27.7 Å². The van der Waals surface area contributed by atoms with Gasteiger partial charge in [-0.3, -0.25) is 9.59 Å². The number of hydrogen-bond acceptors (Lipinski definition) is 4. The standard InChI is InChI=1S/C27H32N2O5/c1-26(2,24(31)32)27(3,4)29-23(30)21-13-16(21)14-28-25(33)34-15-22-19-11-7-5-9-17(19)18-10-6-8-12-20(18)22/h5-12,16,21-22H,13-15H2,1-4H3,(H,28,33)(H,29,30)(H,31,32)/t16-,21-/m1/s1. The maximum Gasteiger partial charge on any atom is 0.407 e. The van der Waals surface area contributed by atoms with Crippen LogP contribution in [0.15, 0.2) is 48.5 Å². The molecule has 2 amide bonds. The Balaban J connectivity index is 1.26. The Morgan fingerprint density at radius 2 is 1.53 bits per heavy atom. The average molecular weight is 465 g/mol. The van der Waals surface area contributed by atoms with Gasteiger partial charge in [0, 0.05) is 23.9 Å². The fourth-order valence-electron chi connectivity index (χ4n) is 4.48. The molecule has 0 heterocycles. The Bertz CT molecular complexity index is 1080. The Hall–Kier alpha value is -3.35. The molecule has 3 N–H and O–H groups in total. The van der Waals surface area contributed by atoms with Crippen LogP contribution in [0.4, 0.5) is 4.79 Å². The molecule has 0 saturated heterocycles. The third kappa shape index (κ3) is 4.39. The second kappa shape index (κ2) is 8.78. The Kier molecular flexibility index (Phi) is 6.14. The predicted octanol–water partition coefficient (Wildman–Crippen LogP) is 4.17. The zero-order valence-electron chi connectivity index (χ0n) is 20.1. The van der Waals surface area contributed by atoms with Crippen molar-refractivity contribution in [1.82, 2.24) is 10.6 Å². The Morgan fingerprint density at radius 3 is 2.09 bits per heavy atom. The summed E-state index contributed by atoms with van der Waals surface area (Å²) in [6.07, 6.45) is 0.152. The molecule has 34 heavy (non-hydrogen) atoms. The van der Waals surface area contributed by atoms with Crippen molar-refractivity contribution in [3.05, 3.63) is 59.7 Å². The summed E-state index contributed by atoms with van der Waals surface area (Å²) in [5.74, 6) is -1.37. The molecule has 4 rings (SSSR count). The summed E-state index contributed by atoms with van der Waals surface area (Å²) < 4.78 is 5.55. The van der Waals surface area contributed by atoms with Crippen molar-refractivity contribution < 1.29 is 24.2 Å². The van der Waals surface area contributed by atoms with Crippen LogP contribution < -0.4 is 10.6 Å². The van der Waals surface area contributed by atoms with Gasteiger partial charge in [0.05, 0.1) is 5.41 Å². The molecule has 2 atom stereocenters. The van der Waals surface area contributed by atoms with Crippen LogP contribution in [0, 0.1) is 17.3 Å². The Labute approximate surface area is 199 Å². The van der Waals surface area contributed by atoms with Crippen LogP contribution in [0.2, 0.25) is 0 Å². The van der Waals surface area contributed by atoms with E-state index in [2.05, 4.69) is 34.9 Å². The number of nitrogens with one attached hydrogen (secondary N) is 2. The quantitative estimate of drug-likeness (QED) is 0.544. The van der Waals surface area contributed by atoms with Crippen LogP contribution in [-0.2, 0) is 14.3 Å². The number of fused-ring (bicyclic) bond motifs is 3. The number of ether oxygens (including phenoxy) is 1. The minimum Gasteiger partial charge on any atom is -0.481 e. The normalized spacial score (nSPS) is 19.1. The first-order chi connectivity index (χ1) is 16.0. The van der Waals surface area contributed by atoms with E-state index in [1.165, 1.54) is 11.1 Å². The lowest BCUT2D eigenvalue weighted by Crippen LogP contribution is -2.57. The van der Waals surface area contributed by atoms with Gasteiger partial charge in [0.2, 0.25) is 5.91 Å². The summed E-state index contributed by atoms with van der Waals surface area (Å²) in [7, 11) is 0. The second-order valence-corrected chi connectivity index (χ2v) is 10.4. The van der Waals surface area contributed by atoms with Crippen LogP contribution in [0.25, 0.3) is 11.1 Å². The summed E-state index contributed by atoms with van der Waals surface area (Å²) >= 11 is 0. The molecule has 0 radical (unpaired) electrons. The third-order valence-electron chi connectivity index (χ3n) is 7.64. The molecule has 7 nitrogen and oxygen atoms in total. The summed E-state index contributed by atoms with van der Waals surface area (Å²) in [4.78, 5) is 36.6. The van der Waals surface area contributed by atoms with Gasteiger partial charge in [0.25, 0.3) is 0 Å². The molecule has 2 aliphatic rings. The van der Waals surface area contributed by atoms with Crippen LogP contribution >= 0.6 is 0 Å². The van der Waals surface area contributed by atoms with Crippen molar-refractivity contribution >= 4 is 18.0 Å². The number of hydrogen-bond donors (Lipinski definition) is 3. The van der Waals surface area contributed by atoms with E-state index >= 15 is 0 Å². The highest BCUT2D eigenvalue weighted by atomic mass is 16.5. The van der Waals surface area contributed by atoms with E-state index in [9.17, 15) is 19.5 Å². The summed E-state index contributed by atoms with van der Waals surface area (Å²) in [6, 6.07) is 16.3. The van der Waals surface area contributed by atoms with E-state index < -0.39 is 23.0 Å². The molecule has 2 aliphatic carbocycles. The number of alkyl carbamates (subject to hydrolysis) is 1.